The predicted octanol–water partition coefficient (Wildman–Crippen LogP) is 2.53. The van der Waals surface area contributed by atoms with Gasteiger partial charge in [0.25, 0.3) is 0 Å². The van der Waals surface area contributed by atoms with Crippen LogP contribution in [0.1, 0.15) is 57.8 Å². The first-order valence-corrected chi connectivity index (χ1v) is 6.93. The number of carbonyl (C=O) groups is 1. The van der Waals surface area contributed by atoms with E-state index in [1.165, 1.54) is 12.8 Å². The Kier molecular flexibility index (Phi) is 5.26. The molecule has 2 aliphatic rings. The summed E-state index contributed by atoms with van der Waals surface area (Å²) < 4.78 is 5.40. The van der Waals surface area contributed by atoms with E-state index in [0.717, 1.165) is 51.6 Å². The highest BCUT2D eigenvalue weighted by Crippen LogP contribution is 2.23. The van der Waals surface area contributed by atoms with Gasteiger partial charge in [0.2, 0.25) is 5.91 Å². The summed E-state index contributed by atoms with van der Waals surface area (Å²) in [7, 11) is 0. The molecule has 0 bridgehead atoms. The maximum Gasteiger partial charge on any atom is 0.246 e. The lowest BCUT2D eigenvalue weighted by Gasteiger charge is -2.23. The minimum absolute atomic E-state index is 0.0427. The van der Waals surface area contributed by atoms with Crippen molar-refractivity contribution in [2.75, 3.05) is 6.61 Å². The van der Waals surface area contributed by atoms with Crippen molar-refractivity contribution < 1.29 is 14.4 Å². The molecular formula is C13H23NO3. The first-order chi connectivity index (χ1) is 8.36. The highest BCUT2D eigenvalue weighted by molar-refractivity contribution is 5.77. The van der Waals surface area contributed by atoms with Gasteiger partial charge >= 0.3 is 0 Å². The van der Waals surface area contributed by atoms with Gasteiger partial charge in [-0.15, -0.1) is 0 Å². The minimum atomic E-state index is -0.238. The van der Waals surface area contributed by atoms with Crippen LogP contribution in [0, 0.1) is 5.92 Å². The monoisotopic (exact) mass is 241 g/mol. The Morgan fingerprint density at radius 2 is 1.71 bits per heavy atom. The molecule has 1 heterocycles. The molecule has 1 atom stereocenters. The molecule has 1 aliphatic carbocycles. The first-order valence-electron chi connectivity index (χ1n) is 6.93. The Labute approximate surface area is 103 Å². The van der Waals surface area contributed by atoms with Gasteiger partial charge in [-0.1, -0.05) is 25.7 Å². The zero-order valence-corrected chi connectivity index (χ0v) is 10.5. The molecule has 98 valence electrons. The molecule has 0 spiro atoms. The zero-order valence-electron chi connectivity index (χ0n) is 10.5. The second-order valence-electron chi connectivity index (χ2n) is 5.07. The van der Waals surface area contributed by atoms with Crippen LogP contribution in [0.3, 0.4) is 0 Å². The maximum atomic E-state index is 11.9. The van der Waals surface area contributed by atoms with Crippen LogP contribution >= 0.6 is 0 Å². The van der Waals surface area contributed by atoms with E-state index in [-0.39, 0.29) is 18.1 Å². The van der Waals surface area contributed by atoms with Crippen LogP contribution in [-0.2, 0) is 14.4 Å². The molecule has 4 heteroatoms. The summed E-state index contributed by atoms with van der Waals surface area (Å²) in [5.41, 5.74) is 2.59. The summed E-state index contributed by atoms with van der Waals surface area (Å²) in [4.78, 5) is 17.2. The second kappa shape index (κ2) is 6.97. The Balaban J connectivity index is 1.68. The molecule has 1 saturated heterocycles. The summed E-state index contributed by atoms with van der Waals surface area (Å²) in [6.45, 7) is 0.740. The smallest absolute Gasteiger partial charge is 0.246 e. The number of nitrogens with one attached hydrogen (secondary N) is 1. The van der Waals surface area contributed by atoms with Crippen molar-refractivity contribution in [3.8, 4) is 0 Å². The van der Waals surface area contributed by atoms with E-state index in [1.807, 2.05) is 0 Å². The Morgan fingerprint density at radius 3 is 2.35 bits per heavy atom. The van der Waals surface area contributed by atoms with E-state index in [0.29, 0.717) is 0 Å². The fourth-order valence-electron chi connectivity index (χ4n) is 2.55. The van der Waals surface area contributed by atoms with Crippen molar-refractivity contribution >= 4 is 5.91 Å². The number of hydrogen-bond donors (Lipinski definition) is 1. The quantitative estimate of drug-likeness (QED) is 0.610. The third-order valence-electron chi connectivity index (χ3n) is 3.65. The van der Waals surface area contributed by atoms with Crippen LogP contribution in [0.5, 0.6) is 0 Å². The van der Waals surface area contributed by atoms with E-state index in [1.54, 1.807) is 0 Å². The van der Waals surface area contributed by atoms with Crippen LogP contribution < -0.4 is 5.48 Å². The van der Waals surface area contributed by atoms with Crippen molar-refractivity contribution in [1.82, 2.24) is 5.48 Å². The highest BCUT2D eigenvalue weighted by atomic mass is 16.8. The van der Waals surface area contributed by atoms with Gasteiger partial charge in [0.05, 0.1) is 0 Å². The van der Waals surface area contributed by atoms with Gasteiger partial charge in [-0.3, -0.25) is 4.79 Å². The lowest BCUT2D eigenvalue weighted by atomic mass is 10.0. The van der Waals surface area contributed by atoms with Gasteiger partial charge in [-0.05, 0) is 25.7 Å². The zero-order chi connectivity index (χ0) is 11.9. The average Bonchev–Trinajstić information content (AvgIpc) is 2.66. The molecule has 1 aliphatic heterocycles. The predicted molar refractivity (Wildman–Crippen MR) is 64.0 cm³/mol. The molecule has 0 aromatic heterocycles. The minimum Gasteiger partial charge on any atom is -0.350 e. The molecule has 17 heavy (non-hydrogen) atoms. The summed E-state index contributed by atoms with van der Waals surface area (Å²) in [6.07, 6.45) is 9.70. The fourth-order valence-corrected chi connectivity index (χ4v) is 2.55. The number of carbonyl (C=O) groups excluding carboxylic acids is 1. The molecule has 1 N–H and O–H groups in total. The molecule has 2 fully saturated rings. The molecular weight excluding hydrogens is 218 g/mol. The van der Waals surface area contributed by atoms with Crippen LogP contribution in [0.4, 0.5) is 0 Å². The molecule has 0 aromatic rings. The van der Waals surface area contributed by atoms with Crippen LogP contribution in [0.2, 0.25) is 0 Å². The topological polar surface area (TPSA) is 47.6 Å². The lowest BCUT2D eigenvalue weighted by Crippen LogP contribution is -2.36. The molecule has 4 nitrogen and oxygen atoms in total. The summed E-state index contributed by atoms with van der Waals surface area (Å²) in [5, 5.41) is 0. The summed E-state index contributed by atoms with van der Waals surface area (Å²) in [5.74, 6) is 0.183. The SMILES string of the molecule is O=C(NO[C@@H]1CCCCO1)C1CCCCCC1. The van der Waals surface area contributed by atoms with Crippen molar-refractivity contribution in [3.05, 3.63) is 0 Å². The first kappa shape index (κ1) is 12.8. The highest BCUT2D eigenvalue weighted by Gasteiger charge is 2.22. The van der Waals surface area contributed by atoms with Crippen LogP contribution in [-0.4, -0.2) is 18.8 Å². The van der Waals surface area contributed by atoms with E-state index >= 15 is 0 Å². The average molecular weight is 241 g/mol. The number of amides is 1. The standard InChI is InChI=1S/C13H23NO3/c15-13(11-7-3-1-2-4-8-11)14-17-12-9-5-6-10-16-12/h11-12H,1-10H2,(H,14,15)/t12-/m1/s1. The van der Waals surface area contributed by atoms with Crippen molar-refractivity contribution in [1.29, 1.82) is 0 Å². The van der Waals surface area contributed by atoms with Crippen molar-refractivity contribution in [2.24, 2.45) is 5.92 Å². The van der Waals surface area contributed by atoms with Gasteiger partial charge in [0.15, 0.2) is 6.29 Å². The third kappa shape index (κ3) is 4.28. The van der Waals surface area contributed by atoms with Crippen molar-refractivity contribution in [2.45, 2.75) is 64.1 Å². The number of hydroxylamine groups is 1. The Morgan fingerprint density at radius 1 is 1.00 bits per heavy atom. The maximum absolute atomic E-state index is 11.9. The Bertz CT molecular complexity index is 231. The molecule has 0 radical (unpaired) electrons. The van der Waals surface area contributed by atoms with E-state index in [9.17, 15) is 4.79 Å². The van der Waals surface area contributed by atoms with Crippen molar-refractivity contribution in [3.63, 3.8) is 0 Å². The van der Waals surface area contributed by atoms with Crippen LogP contribution in [0.15, 0.2) is 0 Å². The fraction of sp³-hybridized carbons (Fsp3) is 0.923. The largest absolute Gasteiger partial charge is 0.350 e. The van der Waals surface area contributed by atoms with Gasteiger partial charge < -0.3 is 4.74 Å². The lowest BCUT2D eigenvalue weighted by molar-refractivity contribution is -0.202. The molecule has 0 aromatic carbocycles. The summed E-state index contributed by atoms with van der Waals surface area (Å²) >= 11 is 0. The number of hydrogen-bond acceptors (Lipinski definition) is 3. The van der Waals surface area contributed by atoms with E-state index in [4.69, 9.17) is 9.57 Å². The third-order valence-corrected chi connectivity index (χ3v) is 3.65. The second-order valence-corrected chi connectivity index (χ2v) is 5.07. The normalized spacial score (nSPS) is 27.4. The Hall–Kier alpha value is -0.610. The van der Waals surface area contributed by atoms with Gasteiger partial charge in [0, 0.05) is 18.9 Å². The van der Waals surface area contributed by atoms with Gasteiger partial charge in [-0.25, -0.2) is 10.3 Å². The number of ether oxygens (including phenoxy) is 1. The van der Waals surface area contributed by atoms with E-state index < -0.39 is 0 Å². The van der Waals surface area contributed by atoms with Gasteiger partial charge in [-0.2, -0.15) is 0 Å². The molecule has 2 rings (SSSR count). The van der Waals surface area contributed by atoms with E-state index in [2.05, 4.69) is 5.48 Å². The molecule has 0 unspecified atom stereocenters. The number of rotatable bonds is 3. The molecule has 1 amide bonds. The van der Waals surface area contributed by atoms with Crippen LogP contribution in [0.25, 0.3) is 0 Å². The summed E-state index contributed by atoms with van der Waals surface area (Å²) in [6, 6.07) is 0. The molecule has 1 saturated carbocycles. The van der Waals surface area contributed by atoms with Gasteiger partial charge in [0.1, 0.15) is 0 Å².